The lowest BCUT2D eigenvalue weighted by atomic mass is 10.1. The monoisotopic (exact) mass is 407 g/mol. The van der Waals surface area contributed by atoms with Crippen LogP contribution in [-0.2, 0) is 4.79 Å². The molecular formula is C18H18ClN3O4S. The fourth-order valence-electron chi connectivity index (χ4n) is 3.05. The maximum Gasteiger partial charge on any atom is 0.294 e. The quantitative estimate of drug-likeness (QED) is 0.415. The molecule has 2 aromatic rings. The van der Waals surface area contributed by atoms with Gasteiger partial charge >= 0.3 is 0 Å². The number of Topliss-reactive ketones (excluding diaryl/α,β-unsaturated/α-hetero) is 1. The van der Waals surface area contributed by atoms with Gasteiger partial charge in [-0.15, -0.1) is 11.3 Å². The highest BCUT2D eigenvalue weighted by atomic mass is 35.5. The SMILES string of the molecule is O=C(CCC(=O)N1CCN(c2ccc(Cl)cc2[N+](=O)[O-])CC1)c1cccs1. The average Bonchev–Trinajstić information content (AvgIpc) is 3.21. The van der Waals surface area contributed by atoms with Gasteiger partial charge in [-0.3, -0.25) is 19.7 Å². The molecule has 0 radical (unpaired) electrons. The van der Waals surface area contributed by atoms with Crippen LogP contribution in [0, 0.1) is 10.1 Å². The Bertz CT molecular complexity index is 848. The number of thiophene rings is 1. The molecule has 1 aliphatic rings. The van der Waals surface area contributed by atoms with Crippen molar-refractivity contribution >= 4 is 46.0 Å². The minimum Gasteiger partial charge on any atom is -0.362 e. The highest BCUT2D eigenvalue weighted by Crippen LogP contribution is 2.31. The number of carbonyl (C=O) groups is 2. The minimum atomic E-state index is -0.449. The number of hydrogen-bond acceptors (Lipinski definition) is 6. The number of hydrogen-bond donors (Lipinski definition) is 0. The molecule has 1 saturated heterocycles. The molecule has 0 unspecified atom stereocenters. The molecule has 7 nitrogen and oxygen atoms in total. The zero-order valence-electron chi connectivity index (χ0n) is 14.5. The van der Waals surface area contributed by atoms with Gasteiger partial charge in [0.25, 0.3) is 5.69 Å². The van der Waals surface area contributed by atoms with Crippen molar-refractivity contribution in [1.29, 1.82) is 0 Å². The Balaban J connectivity index is 1.55. The fraction of sp³-hybridized carbons (Fsp3) is 0.333. The Hall–Kier alpha value is -2.45. The Morgan fingerprint density at radius 2 is 1.89 bits per heavy atom. The highest BCUT2D eigenvalue weighted by molar-refractivity contribution is 7.12. The summed E-state index contributed by atoms with van der Waals surface area (Å²) in [4.78, 5) is 39.5. The third kappa shape index (κ3) is 4.64. The van der Waals surface area contributed by atoms with Crippen LogP contribution < -0.4 is 4.90 Å². The van der Waals surface area contributed by atoms with E-state index in [-0.39, 0.29) is 30.2 Å². The summed E-state index contributed by atoms with van der Waals surface area (Å²) in [5.41, 5.74) is 0.466. The van der Waals surface area contributed by atoms with Crippen molar-refractivity contribution in [2.45, 2.75) is 12.8 Å². The van der Waals surface area contributed by atoms with Crippen LogP contribution in [-0.4, -0.2) is 47.7 Å². The molecule has 0 atom stereocenters. The Labute approximate surface area is 165 Å². The van der Waals surface area contributed by atoms with Crippen LogP contribution in [0.1, 0.15) is 22.5 Å². The summed E-state index contributed by atoms with van der Waals surface area (Å²) in [6, 6.07) is 8.17. The van der Waals surface area contributed by atoms with Crippen molar-refractivity contribution in [3.8, 4) is 0 Å². The van der Waals surface area contributed by atoms with Gasteiger partial charge in [-0.25, -0.2) is 0 Å². The van der Waals surface area contributed by atoms with E-state index >= 15 is 0 Å². The second-order valence-corrected chi connectivity index (χ2v) is 7.54. The number of nitro benzene ring substituents is 1. The second kappa shape index (κ2) is 8.49. The smallest absolute Gasteiger partial charge is 0.294 e. The third-order valence-corrected chi connectivity index (χ3v) is 5.62. The number of halogens is 1. The fourth-order valence-corrected chi connectivity index (χ4v) is 3.91. The number of piperazine rings is 1. The predicted octanol–water partition coefficient (Wildman–Crippen LogP) is 3.62. The molecule has 1 aliphatic heterocycles. The lowest BCUT2D eigenvalue weighted by molar-refractivity contribution is -0.384. The van der Waals surface area contributed by atoms with Crippen molar-refractivity contribution < 1.29 is 14.5 Å². The first kappa shape index (κ1) is 19.3. The molecule has 27 heavy (non-hydrogen) atoms. The number of nitro groups is 1. The topological polar surface area (TPSA) is 83.8 Å². The maximum absolute atomic E-state index is 12.4. The van der Waals surface area contributed by atoms with Crippen LogP contribution in [0.25, 0.3) is 0 Å². The molecule has 0 aliphatic carbocycles. The lowest BCUT2D eigenvalue weighted by Crippen LogP contribution is -2.49. The molecule has 0 spiro atoms. The highest BCUT2D eigenvalue weighted by Gasteiger charge is 2.26. The van der Waals surface area contributed by atoms with E-state index in [1.165, 1.54) is 17.4 Å². The standard InChI is InChI=1S/C18H18ClN3O4S/c19-13-3-4-14(15(12-13)22(25)26)20-7-9-21(10-8-20)18(24)6-5-16(23)17-2-1-11-27-17/h1-4,11-12H,5-10H2. The average molecular weight is 408 g/mol. The van der Waals surface area contributed by atoms with E-state index in [2.05, 4.69) is 0 Å². The van der Waals surface area contributed by atoms with E-state index in [0.29, 0.717) is 41.8 Å². The van der Waals surface area contributed by atoms with Gasteiger partial charge in [0.2, 0.25) is 5.91 Å². The van der Waals surface area contributed by atoms with Gasteiger partial charge in [-0.2, -0.15) is 0 Å². The molecule has 3 rings (SSSR count). The summed E-state index contributed by atoms with van der Waals surface area (Å²) in [6.45, 7) is 1.91. The van der Waals surface area contributed by atoms with E-state index in [0.717, 1.165) is 0 Å². The zero-order valence-corrected chi connectivity index (χ0v) is 16.0. The largest absolute Gasteiger partial charge is 0.362 e. The molecule has 0 bridgehead atoms. The van der Waals surface area contributed by atoms with Crippen molar-refractivity contribution in [1.82, 2.24) is 4.90 Å². The first-order valence-corrected chi connectivity index (χ1v) is 9.75. The van der Waals surface area contributed by atoms with Gasteiger partial charge in [-0.1, -0.05) is 17.7 Å². The first-order valence-electron chi connectivity index (χ1n) is 8.49. The molecule has 2 heterocycles. The molecule has 1 aromatic heterocycles. The predicted molar refractivity (Wildman–Crippen MR) is 105 cm³/mol. The number of carbonyl (C=O) groups excluding carboxylic acids is 2. The van der Waals surface area contributed by atoms with Crippen molar-refractivity contribution in [3.05, 3.63) is 55.7 Å². The Morgan fingerprint density at radius 1 is 1.15 bits per heavy atom. The van der Waals surface area contributed by atoms with Crippen molar-refractivity contribution in [2.24, 2.45) is 0 Å². The number of rotatable bonds is 6. The van der Waals surface area contributed by atoms with Gasteiger partial charge in [-0.05, 0) is 23.6 Å². The molecule has 142 valence electrons. The van der Waals surface area contributed by atoms with Crippen molar-refractivity contribution in [3.63, 3.8) is 0 Å². The van der Waals surface area contributed by atoms with E-state index in [1.807, 2.05) is 16.3 Å². The van der Waals surface area contributed by atoms with Crippen LogP contribution in [0.4, 0.5) is 11.4 Å². The molecule has 1 amide bonds. The number of amides is 1. The Kier molecular flexibility index (Phi) is 6.08. The minimum absolute atomic E-state index is 0.0197. The zero-order chi connectivity index (χ0) is 19.4. The van der Waals surface area contributed by atoms with Gasteiger partial charge < -0.3 is 9.80 Å². The molecular weight excluding hydrogens is 390 g/mol. The second-order valence-electron chi connectivity index (χ2n) is 6.16. The summed E-state index contributed by atoms with van der Waals surface area (Å²) >= 11 is 7.23. The van der Waals surface area contributed by atoms with Crippen LogP contribution in [0.3, 0.4) is 0 Å². The van der Waals surface area contributed by atoms with E-state index in [1.54, 1.807) is 23.1 Å². The van der Waals surface area contributed by atoms with Crippen LogP contribution in [0.2, 0.25) is 5.02 Å². The van der Waals surface area contributed by atoms with Crippen LogP contribution in [0.15, 0.2) is 35.7 Å². The van der Waals surface area contributed by atoms with E-state index in [9.17, 15) is 19.7 Å². The van der Waals surface area contributed by atoms with E-state index < -0.39 is 4.92 Å². The number of nitrogens with zero attached hydrogens (tertiary/aromatic N) is 3. The summed E-state index contributed by atoms with van der Waals surface area (Å²) in [7, 11) is 0. The molecule has 1 aromatic carbocycles. The van der Waals surface area contributed by atoms with Gasteiger partial charge in [0.1, 0.15) is 5.69 Å². The summed E-state index contributed by atoms with van der Waals surface area (Å²) in [6.07, 6.45) is 0.375. The first-order chi connectivity index (χ1) is 13.0. The van der Waals surface area contributed by atoms with Crippen LogP contribution in [0.5, 0.6) is 0 Å². The number of ketones is 1. The molecule has 9 heteroatoms. The molecule has 0 N–H and O–H groups in total. The number of anilines is 1. The van der Waals surface area contributed by atoms with Gasteiger partial charge in [0, 0.05) is 50.1 Å². The summed E-state index contributed by atoms with van der Waals surface area (Å²) < 4.78 is 0. The normalized spacial score (nSPS) is 14.3. The lowest BCUT2D eigenvalue weighted by Gasteiger charge is -2.35. The van der Waals surface area contributed by atoms with E-state index in [4.69, 9.17) is 11.6 Å². The van der Waals surface area contributed by atoms with Crippen molar-refractivity contribution in [2.75, 3.05) is 31.1 Å². The molecule has 1 fully saturated rings. The maximum atomic E-state index is 12.4. The third-order valence-electron chi connectivity index (χ3n) is 4.47. The number of benzene rings is 1. The summed E-state index contributed by atoms with van der Waals surface area (Å²) in [5, 5.41) is 13.4. The molecule has 0 saturated carbocycles. The van der Waals surface area contributed by atoms with Crippen LogP contribution >= 0.6 is 22.9 Å². The van der Waals surface area contributed by atoms with Gasteiger partial charge in [0.15, 0.2) is 5.78 Å². The Morgan fingerprint density at radius 3 is 2.52 bits per heavy atom. The van der Waals surface area contributed by atoms with Gasteiger partial charge in [0.05, 0.1) is 9.80 Å². The summed E-state index contributed by atoms with van der Waals surface area (Å²) in [5.74, 6) is -0.0843.